The van der Waals surface area contributed by atoms with Crippen molar-refractivity contribution in [2.75, 3.05) is 7.11 Å². The molecule has 0 amide bonds. The van der Waals surface area contributed by atoms with Gasteiger partial charge in [0.25, 0.3) is 0 Å². The molecular formula is C19H26BNO4. The van der Waals surface area contributed by atoms with E-state index in [4.69, 9.17) is 14.0 Å². The van der Waals surface area contributed by atoms with Crippen LogP contribution in [0.3, 0.4) is 0 Å². The largest absolute Gasteiger partial charge is 0.494 e. The predicted octanol–water partition coefficient (Wildman–Crippen LogP) is 2.89. The van der Waals surface area contributed by atoms with Crippen LogP contribution in [0.1, 0.15) is 47.6 Å². The molecule has 0 atom stereocenters. The summed E-state index contributed by atoms with van der Waals surface area (Å²) in [5.74, 6) is 0.351. The number of fused-ring (bicyclic) bond motifs is 1. The number of ether oxygens (including phenoxy) is 1. The van der Waals surface area contributed by atoms with E-state index in [0.717, 1.165) is 11.0 Å². The average Bonchev–Trinajstić information content (AvgIpc) is 2.75. The zero-order valence-corrected chi connectivity index (χ0v) is 16.0. The molecule has 134 valence electrons. The Morgan fingerprint density at radius 2 is 1.72 bits per heavy atom. The van der Waals surface area contributed by atoms with Crippen LogP contribution < -0.4 is 15.6 Å². The van der Waals surface area contributed by atoms with Crippen LogP contribution in [0.4, 0.5) is 0 Å². The third kappa shape index (κ3) is 2.87. The van der Waals surface area contributed by atoms with Gasteiger partial charge < -0.3 is 18.6 Å². The van der Waals surface area contributed by atoms with Crippen molar-refractivity contribution in [1.82, 2.24) is 4.57 Å². The molecule has 3 rings (SSSR count). The molecule has 0 unspecified atom stereocenters. The van der Waals surface area contributed by atoms with Crippen molar-refractivity contribution in [2.24, 2.45) is 0 Å². The fourth-order valence-corrected chi connectivity index (χ4v) is 3.04. The molecule has 25 heavy (non-hydrogen) atoms. The molecule has 2 aromatic rings. The Morgan fingerprint density at radius 1 is 1.12 bits per heavy atom. The number of hydrogen-bond donors (Lipinski definition) is 0. The van der Waals surface area contributed by atoms with Crippen molar-refractivity contribution >= 4 is 23.5 Å². The summed E-state index contributed by atoms with van der Waals surface area (Å²) < 4.78 is 19.6. The van der Waals surface area contributed by atoms with E-state index >= 15 is 0 Å². The average molecular weight is 343 g/mol. The Kier molecular flexibility index (Phi) is 4.24. The van der Waals surface area contributed by atoms with E-state index in [-0.39, 0.29) is 11.5 Å². The summed E-state index contributed by atoms with van der Waals surface area (Å²) in [6, 6.07) is 5.90. The maximum Gasteiger partial charge on any atom is 0.494 e. The van der Waals surface area contributed by atoms with Crippen LogP contribution >= 0.6 is 0 Å². The fraction of sp³-hybridized carbons (Fsp3) is 0.526. The monoisotopic (exact) mass is 343 g/mol. The molecule has 1 fully saturated rings. The highest BCUT2D eigenvalue weighted by atomic mass is 16.7. The summed E-state index contributed by atoms with van der Waals surface area (Å²) in [7, 11) is 1.07. The highest BCUT2D eigenvalue weighted by Crippen LogP contribution is 2.36. The molecule has 0 aliphatic carbocycles. The molecule has 0 N–H and O–H groups in total. The lowest BCUT2D eigenvalue weighted by Gasteiger charge is -2.32. The topological polar surface area (TPSA) is 49.7 Å². The summed E-state index contributed by atoms with van der Waals surface area (Å²) >= 11 is 0. The Bertz CT molecular complexity index is 854. The van der Waals surface area contributed by atoms with Gasteiger partial charge in [-0.3, -0.25) is 4.79 Å². The van der Waals surface area contributed by atoms with Crippen molar-refractivity contribution in [3.63, 3.8) is 0 Å². The van der Waals surface area contributed by atoms with E-state index in [1.165, 1.54) is 7.11 Å². The summed E-state index contributed by atoms with van der Waals surface area (Å²) in [6.07, 6.45) is 1.77. The van der Waals surface area contributed by atoms with Crippen molar-refractivity contribution in [2.45, 2.75) is 58.8 Å². The Labute approximate surface area is 149 Å². The van der Waals surface area contributed by atoms with E-state index in [0.29, 0.717) is 11.1 Å². The number of hydrogen-bond acceptors (Lipinski definition) is 4. The minimum absolute atomic E-state index is 0.102. The lowest BCUT2D eigenvalue weighted by molar-refractivity contribution is 0.00578. The second-order valence-electron chi connectivity index (χ2n) is 7.89. The Balaban J connectivity index is 2.15. The highest BCUT2D eigenvalue weighted by Gasteiger charge is 2.51. The second-order valence-corrected chi connectivity index (χ2v) is 7.89. The van der Waals surface area contributed by atoms with Crippen LogP contribution in [0, 0.1) is 0 Å². The molecule has 6 heteroatoms. The van der Waals surface area contributed by atoms with Gasteiger partial charge in [-0.15, -0.1) is 0 Å². The molecule has 0 bridgehead atoms. The smallest absolute Gasteiger partial charge is 0.491 e. The van der Waals surface area contributed by atoms with Crippen LogP contribution in [0.2, 0.25) is 0 Å². The van der Waals surface area contributed by atoms with Gasteiger partial charge in [-0.25, -0.2) is 0 Å². The van der Waals surface area contributed by atoms with Gasteiger partial charge in [0.15, 0.2) is 5.75 Å². The first-order valence-corrected chi connectivity index (χ1v) is 8.66. The number of pyridine rings is 1. The minimum atomic E-state index is -0.452. The minimum Gasteiger partial charge on any atom is -0.491 e. The zero-order chi connectivity index (χ0) is 18.6. The van der Waals surface area contributed by atoms with Crippen molar-refractivity contribution in [3.8, 4) is 5.75 Å². The molecule has 2 heterocycles. The van der Waals surface area contributed by atoms with Gasteiger partial charge in [0.05, 0.1) is 30.0 Å². The van der Waals surface area contributed by atoms with E-state index < -0.39 is 18.3 Å². The van der Waals surface area contributed by atoms with E-state index in [1.807, 2.05) is 50.5 Å². The van der Waals surface area contributed by atoms with Crippen LogP contribution in [-0.2, 0) is 9.31 Å². The molecule has 1 saturated heterocycles. The normalized spacial score (nSPS) is 19.0. The SMILES string of the molecule is COc1cn(C(C)C)c2cc(B3OC(C)(C)C(C)(C)O3)ccc2c1=O. The van der Waals surface area contributed by atoms with Crippen LogP contribution in [0.15, 0.2) is 29.2 Å². The maximum atomic E-state index is 12.6. The van der Waals surface area contributed by atoms with Gasteiger partial charge in [0.2, 0.25) is 5.43 Å². The van der Waals surface area contributed by atoms with Gasteiger partial charge in [0, 0.05) is 11.4 Å². The lowest BCUT2D eigenvalue weighted by atomic mass is 9.78. The summed E-state index contributed by atoms with van der Waals surface area (Å²) in [6.45, 7) is 12.3. The summed E-state index contributed by atoms with van der Waals surface area (Å²) in [5.41, 5.74) is 0.863. The molecule has 1 aromatic heterocycles. The Hall–Kier alpha value is -1.79. The van der Waals surface area contributed by atoms with E-state index in [9.17, 15) is 4.79 Å². The van der Waals surface area contributed by atoms with E-state index in [1.54, 1.807) is 6.20 Å². The quantitative estimate of drug-likeness (QED) is 0.804. The fourth-order valence-electron chi connectivity index (χ4n) is 3.04. The van der Waals surface area contributed by atoms with Gasteiger partial charge in [-0.2, -0.15) is 0 Å². The number of rotatable bonds is 3. The molecule has 1 aliphatic heterocycles. The van der Waals surface area contributed by atoms with E-state index in [2.05, 4.69) is 13.8 Å². The van der Waals surface area contributed by atoms with Crippen LogP contribution in [0.5, 0.6) is 5.75 Å². The number of benzene rings is 1. The number of nitrogens with zero attached hydrogens (tertiary/aromatic N) is 1. The van der Waals surface area contributed by atoms with Crippen molar-refractivity contribution in [3.05, 3.63) is 34.6 Å². The van der Waals surface area contributed by atoms with Crippen LogP contribution in [-0.4, -0.2) is 30.0 Å². The number of aromatic nitrogens is 1. The van der Waals surface area contributed by atoms with Gasteiger partial charge in [-0.05, 0) is 59.1 Å². The predicted molar refractivity (Wildman–Crippen MR) is 101 cm³/mol. The standard InChI is InChI=1S/C19H26BNO4/c1-12(2)21-11-16(23-7)17(22)14-9-8-13(10-15(14)21)20-24-18(3,4)19(5,6)25-20/h8-12H,1-7H3. The Morgan fingerprint density at radius 3 is 2.24 bits per heavy atom. The van der Waals surface area contributed by atoms with Gasteiger partial charge in [-0.1, -0.05) is 6.07 Å². The second kappa shape index (κ2) is 5.89. The molecule has 0 radical (unpaired) electrons. The zero-order valence-electron chi connectivity index (χ0n) is 16.0. The van der Waals surface area contributed by atoms with Crippen molar-refractivity contribution in [1.29, 1.82) is 0 Å². The summed E-state index contributed by atoms with van der Waals surface area (Å²) in [4.78, 5) is 12.6. The first-order valence-electron chi connectivity index (χ1n) is 8.66. The van der Waals surface area contributed by atoms with Gasteiger partial charge >= 0.3 is 7.12 Å². The lowest BCUT2D eigenvalue weighted by Crippen LogP contribution is -2.41. The molecule has 0 saturated carbocycles. The first-order chi connectivity index (χ1) is 11.6. The van der Waals surface area contributed by atoms with Crippen LogP contribution in [0.25, 0.3) is 10.9 Å². The third-order valence-electron chi connectivity index (χ3n) is 5.33. The van der Waals surface area contributed by atoms with Gasteiger partial charge in [0.1, 0.15) is 0 Å². The first kappa shape index (κ1) is 18.0. The molecular weight excluding hydrogens is 317 g/mol. The maximum absolute atomic E-state index is 12.6. The molecule has 0 spiro atoms. The molecule has 1 aliphatic rings. The van der Waals surface area contributed by atoms with Crippen molar-refractivity contribution < 1.29 is 14.0 Å². The molecule has 5 nitrogen and oxygen atoms in total. The summed E-state index contributed by atoms with van der Waals surface area (Å²) in [5, 5.41) is 0.633. The third-order valence-corrected chi connectivity index (χ3v) is 5.33. The molecule has 1 aromatic carbocycles. The number of methoxy groups -OCH3 is 1. The highest BCUT2D eigenvalue weighted by molar-refractivity contribution is 6.62.